The summed E-state index contributed by atoms with van der Waals surface area (Å²) in [6.45, 7) is 12.6. The van der Waals surface area contributed by atoms with Crippen molar-refractivity contribution < 1.29 is 14.1 Å². The largest absolute Gasteiger partial charge is 0.598 e. The third-order valence-electron chi connectivity index (χ3n) is 7.88. The molecule has 2 fully saturated rings. The Morgan fingerprint density at radius 1 is 1.28 bits per heavy atom. The Kier molecular flexibility index (Phi) is 10.9. The SMILES string of the molecule is CCCCCCC[C@@H](CC)C(=O)O[C@H]1N(c2cccnc2)C[C@@H](N[S+]([O-])C(C)(C)C)C12CCNCC2. The highest BCUT2D eigenvalue weighted by atomic mass is 32.2. The summed E-state index contributed by atoms with van der Waals surface area (Å²) in [5, 5.41) is 3.47. The van der Waals surface area contributed by atoms with Crippen molar-refractivity contribution in [3.63, 3.8) is 0 Å². The molecule has 0 radical (unpaired) electrons. The summed E-state index contributed by atoms with van der Waals surface area (Å²) in [5.74, 6) is -0.181. The Hall–Kier alpha value is -1.35. The number of esters is 1. The second kappa shape index (κ2) is 13.4. The van der Waals surface area contributed by atoms with Crippen LogP contribution in [0.3, 0.4) is 0 Å². The number of carbonyl (C=O) groups excluding carboxylic acids is 1. The predicted molar refractivity (Wildman–Crippen MR) is 148 cm³/mol. The van der Waals surface area contributed by atoms with Crippen LogP contribution >= 0.6 is 0 Å². The van der Waals surface area contributed by atoms with Gasteiger partial charge in [-0.05, 0) is 71.7 Å². The molecule has 0 aliphatic carbocycles. The molecular weight excluding hydrogens is 472 g/mol. The van der Waals surface area contributed by atoms with E-state index in [1.165, 1.54) is 25.7 Å². The van der Waals surface area contributed by atoms with Crippen molar-refractivity contribution >= 4 is 23.0 Å². The monoisotopic (exact) mass is 520 g/mol. The first kappa shape index (κ1) is 29.2. The van der Waals surface area contributed by atoms with E-state index in [0.717, 1.165) is 50.9 Å². The lowest BCUT2D eigenvalue weighted by Crippen LogP contribution is -2.57. The number of nitrogens with one attached hydrogen (secondary N) is 2. The number of hydrogen-bond acceptors (Lipinski definition) is 7. The predicted octanol–water partition coefficient (Wildman–Crippen LogP) is 4.95. The Morgan fingerprint density at radius 3 is 2.61 bits per heavy atom. The fourth-order valence-corrected chi connectivity index (χ4v) is 6.46. The number of rotatable bonds is 12. The summed E-state index contributed by atoms with van der Waals surface area (Å²) in [6, 6.07) is 3.88. The summed E-state index contributed by atoms with van der Waals surface area (Å²) in [7, 11) is 0. The second-order valence-electron chi connectivity index (χ2n) is 11.5. The molecule has 36 heavy (non-hydrogen) atoms. The maximum atomic E-state index is 13.6. The van der Waals surface area contributed by atoms with Crippen LogP contribution in [0.25, 0.3) is 0 Å². The average molecular weight is 521 g/mol. The van der Waals surface area contributed by atoms with Gasteiger partial charge in [0, 0.05) is 24.1 Å². The van der Waals surface area contributed by atoms with Crippen LogP contribution in [-0.2, 0) is 20.9 Å². The normalized spacial score (nSPS) is 23.6. The van der Waals surface area contributed by atoms with E-state index in [0.29, 0.717) is 6.54 Å². The fourth-order valence-electron chi connectivity index (χ4n) is 5.54. The minimum Gasteiger partial charge on any atom is -0.598 e. The van der Waals surface area contributed by atoms with Crippen LogP contribution in [0.5, 0.6) is 0 Å². The molecule has 3 heterocycles. The highest BCUT2D eigenvalue weighted by Gasteiger charge is 2.58. The summed E-state index contributed by atoms with van der Waals surface area (Å²) in [5.41, 5.74) is 0.614. The number of piperidine rings is 1. The molecule has 0 amide bonds. The van der Waals surface area contributed by atoms with Gasteiger partial charge in [0.05, 0.1) is 29.3 Å². The second-order valence-corrected chi connectivity index (χ2v) is 13.5. The van der Waals surface area contributed by atoms with Gasteiger partial charge >= 0.3 is 5.97 Å². The lowest BCUT2D eigenvalue weighted by molar-refractivity contribution is -0.161. The zero-order valence-electron chi connectivity index (χ0n) is 23.1. The molecule has 1 unspecified atom stereocenters. The van der Waals surface area contributed by atoms with Crippen LogP contribution in [0.2, 0.25) is 0 Å². The summed E-state index contributed by atoms with van der Waals surface area (Å²) in [4.78, 5) is 20.1. The van der Waals surface area contributed by atoms with E-state index < -0.39 is 17.6 Å². The van der Waals surface area contributed by atoms with Gasteiger partial charge in [-0.25, -0.2) is 0 Å². The van der Waals surface area contributed by atoms with Gasteiger partial charge in [0.1, 0.15) is 4.75 Å². The van der Waals surface area contributed by atoms with Crippen molar-refractivity contribution in [2.24, 2.45) is 11.3 Å². The molecule has 1 aromatic heterocycles. The number of hydrogen-bond donors (Lipinski definition) is 2. The van der Waals surface area contributed by atoms with Crippen molar-refractivity contribution in [3.05, 3.63) is 24.5 Å². The van der Waals surface area contributed by atoms with E-state index in [9.17, 15) is 9.35 Å². The van der Waals surface area contributed by atoms with Gasteiger partial charge in [-0.15, -0.1) is 4.72 Å². The average Bonchev–Trinajstić information content (AvgIpc) is 3.13. The molecule has 7 nitrogen and oxygen atoms in total. The zero-order valence-corrected chi connectivity index (χ0v) is 23.9. The molecule has 4 atom stereocenters. The Bertz CT molecular complexity index is 798. The van der Waals surface area contributed by atoms with E-state index in [-0.39, 0.29) is 28.1 Å². The van der Waals surface area contributed by atoms with Crippen LogP contribution < -0.4 is 14.9 Å². The molecule has 2 N–H and O–H groups in total. The van der Waals surface area contributed by atoms with Gasteiger partial charge in [-0.3, -0.25) is 9.78 Å². The van der Waals surface area contributed by atoms with Crippen LogP contribution in [0.4, 0.5) is 5.69 Å². The van der Waals surface area contributed by atoms with Crippen molar-refractivity contribution in [2.75, 3.05) is 24.5 Å². The van der Waals surface area contributed by atoms with Crippen LogP contribution in [0.1, 0.15) is 92.4 Å². The maximum Gasteiger partial charge on any atom is 0.310 e. The summed E-state index contributed by atoms with van der Waals surface area (Å²) < 4.78 is 22.8. The molecule has 2 aliphatic rings. The maximum absolute atomic E-state index is 13.6. The Labute approximate surface area is 221 Å². The van der Waals surface area contributed by atoms with Gasteiger partial charge in [-0.2, -0.15) is 0 Å². The summed E-state index contributed by atoms with van der Waals surface area (Å²) in [6.07, 6.45) is 12.5. The number of aromatic nitrogens is 1. The third-order valence-corrected chi connectivity index (χ3v) is 9.49. The number of anilines is 1. The van der Waals surface area contributed by atoms with Gasteiger partial charge in [0.2, 0.25) is 0 Å². The molecular formula is C28H48N4O3S. The Balaban J connectivity index is 1.85. The molecule has 3 rings (SSSR count). The molecule has 0 aromatic carbocycles. The first-order valence-corrected chi connectivity index (χ1v) is 15.1. The molecule has 1 spiro atoms. The molecule has 0 saturated carbocycles. The molecule has 1 aromatic rings. The van der Waals surface area contributed by atoms with Crippen molar-refractivity contribution in [3.8, 4) is 0 Å². The highest BCUT2D eigenvalue weighted by Crippen LogP contribution is 2.47. The number of nitrogens with zero attached hydrogens (tertiary/aromatic N) is 2. The highest BCUT2D eigenvalue weighted by molar-refractivity contribution is 7.90. The molecule has 204 valence electrons. The lowest BCUT2D eigenvalue weighted by atomic mass is 9.74. The van der Waals surface area contributed by atoms with E-state index in [2.05, 4.69) is 33.8 Å². The van der Waals surface area contributed by atoms with E-state index in [1.54, 1.807) is 6.20 Å². The van der Waals surface area contributed by atoms with Gasteiger partial charge in [0.25, 0.3) is 0 Å². The fraction of sp³-hybridized carbons (Fsp3) is 0.786. The topological polar surface area (TPSA) is 89.5 Å². The van der Waals surface area contributed by atoms with Crippen LogP contribution in [-0.4, -0.2) is 52.2 Å². The number of ether oxygens (including phenoxy) is 1. The van der Waals surface area contributed by atoms with Crippen molar-refractivity contribution in [2.45, 2.75) is 109 Å². The number of pyridine rings is 1. The van der Waals surface area contributed by atoms with E-state index >= 15 is 0 Å². The van der Waals surface area contributed by atoms with Crippen molar-refractivity contribution in [1.82, 2.24) is 15.0 Å². The van der Waals surface area contributed by atoms with Gasteiger partial charge in [-0.1, -0.05) is 46.0 Å². The summed E-state index contributed by atoms with van der Waals surface area (Å²) >= 11 is -1.22. The minimum atomic E-state index is -1.22. The van der Waals surface area contributed by atoms with Crippen molar-refractivity contribution in [1.29, 1.82) is 0 Å². The first-order valence-electron chi connectivity index (χ1n) is 14.0. The lowest BCUT2D eigenvalue weighted by Gasteiger charge is -2.43. The van der Waals surface area contributed by atoms with E-state index in [1.807, 2.05) is 39.1 Å². The van der Waals surface area contributed by atoms with Crippen LogP contribution in [0, 0.1) is 11.3 Å². The Morgan fingerprint density at radius 2 is 2.00 bits per heavy atom. The standard InChI is InChI=1S/C28H48N4O3S/c1-6-8-9-10-11-13-22(7-2)25(33)35-26-28(15-18-29-19-16-28)24(31-36(34)27(3,4)5)21-32(26)23-14-12-17-30-20-23/h12,14,17,20,22,24,26,29,31H,6-11,13,15-16,18-19,21H2,1-5H3/t22-,24-,26-,36?/m1/s1. The molecule has 2 saturated heterocycles. The smallest absolute Gasteiger partial charge is 0.310 e. The number of unbranched alkanes of at least 4 members (excludes halogenated alkanes) is 4. The van der Waals surface area contributed by atoms with E-state index in [4.69, 9.17) is 4.74 Å². The quantitative estimate of drug-likeness (QED) is 0.229. The first-order chi connectivity index (χ1) is 17.2. The van der Waals surface area contributed by atoms with Crippen LogP contribution in [0.15, 0.2) is 24.5 Å². The van der Waals surface area contributed by atoms with Gasteiger partial charge < -0.3 is 19.5 Å². The molecule has 8 heteroatoms. The third kappa shape index (κ3) is 7.15. The number of carbonyl (C=O) groups is 1. The minimum absolute atomic E-state index is 0.0632. The zero-order chi connectivity index (χ0) is 26.2. The van der Waals surface area contributed by atoms with Gasteiger partial charge in [0.15, 0.2) is 6.23 Å². The molecule has 0 bridgehead atoms. The molecule has 2 aliphatic heterocycles.